The predicted octanol–water partition coefficient (Wildman–Crippen LogP) is -0.968. The zero-order chi connectivity index (χ0) is 7.78. The zero-order valence-corrected chi connectivity index (χ0v) is 5.17. The summed E-state index contributed by atoms with van der Waals surface area (Å²) in [5.41, 5.74) is -1.63. The third kappa shape index (κ3) is 0.829. The first-order valence-electron chi connectivity index (χ1n) is 2.54. The van der Waals surface area contributed by atoms with Crippen molar-refractivity contribution in [1.29, 1.82) is 0 Å². The summed E-state index contributed by atoms with van der Waals surface area (Å²) in [6.07, 6.45) is 0. The maximum atomic E-state index is 10.7. The minimum absolute atomic E-state index is 0.679. The second-order valence-electron chi connectivity index (χ2n) is 2.03. The first-order valence-corrected chi connectivity index (χ1v) is 2.54. The predicted molar refractivity (Wildman–Crippen MR) is 28.8 cm³/mol. The van der Waals surface area contributed by atoms with Crippen LogP contribution in [-0.2, 0) is 9.68 Å². The Labute approximate surface area is 56.1 Å². The van der Waals surface area contributed by atoms with Crippen molar-refractivity contribution in [3.8, 4) is 0 Å². The van der Waals surface area contributed by atoms with Gasteiger partial charge in [0.25, 0.3) is 11.6 Å². The summed E-state index contributed by atoms with van der Waals surface area (Å²) in [4.78, 5) is 24.8. The third-order valence-corrected chi connectivity index (χ3v) is 1.19. The number of amides is 3. The lowest BCUT2D eigenvalue weighted by atomic mass is 10.3. The van der Waals surface area contributed by atoms with Crippen molar-refractivity contribution in [3.05, 3.63) is 0 Å². The highest BCUT2D eigenvalue weighted by atomic mass is 17.1. The molecule has 6 nitrogen and oxygen atoms in total. The zero-order valence-electron chi connectivity index (χ0n) is 5.17. The first-order chi connectivity index (χ1) is 4.58. The maximum absolute atomic E-state index is 10.7. The third-order valence-electron chi connectivity index (χ3n) is 1.19. The number of nitrogens with one attached hydrogen (secondary N) is 2. The summed E-state index contributed by atoms with van der Waals surface area (Å²) in [5.74, 6) is -0.708. The van der Waals surface area contributed by atoms with Gasteiger partial charge in [-0.3, -0.25) is 15.4 Å². The molecule has 0 aromatic rings. The van der Waals surface area contributed by atoms with Crippen LogP contribution in [-0.4, -0.2) is 22.9 Å². The Morgan fingerprint density at radius 2 is 2.20 bits per heavy atom. The van der Waals surface area contributed by atoms with Crippen LogP contribution < -0.4 is 10.6 Å². The summed E-state index contributed by atoms with van der Waals surface area (Å²) in [7, 11) is 0. The van der Waals surface area contributed by atoms with Crippen LogP contribution in [0.4, 0.5) is 4.79 Å². The van der Waals surface area contributed by atoms with E-state index in [-0.39, 0.29) is 0 Å². The van der Waals surface area contributed by atoms with Gasteiger partial charge in [0, 0.05) is 0 Å². The molecule has 1 aliphatic rings. The van der Waals surface area contributed by atoms with Crippen molar-refractivity contribution in [2.45, 2.75) is 12.6 Å². The van der Waals surface area contributed by atoms with Gasteiger partial charge in [0.2, 0.25) is 0 Å². The Morgan fingerprint density at radius 1 is 1.60 bits per heavy atom. The number of carbonyl (C=O) groups excluding carboxylic acids is 2. The van der Waals surface area contributed by atoms with Gasteiger partial charge in [-0.1, -0.05) is 0 Å². The molecule has 1 unspecified atom stereocenters. The minimum Gasteiger partial charge on any atom is -0.299 e. The molecule has 56 valence electrons. The highest BCUT2D eigenvalue weighted by molar-refractivity contribution is 6.05. The van der Waals surface area contributed by atoms with E-state index in [0.29, 0.717) is 0 Å². The van der Waals surface area contributed by atoms with Crippen LogP contribution in [0.5, 0.6) is 0 Å². The fourth-order valence-corrected chi connectivity index (χ4v) is 0.591. The van der Waals surface area contributed by atoms with Crippen LogP contribution in [0.25, 0.3) is 0 Å². The van der Waals surface area contributed by atoms with Crippen LogP contribution in [0, 0.1) is 0 Å². The Balaban J connectivity index is 2.80. The van der Waals surface area contributed by atoms with Gasteiger partial charge in [-0.2, -0.15) is 0 Å². The Bertz CT molecular complexity index is 192. The topological polar surface area (TPSA) is 87.7 Å². The summed E-state index contributed by atoms with van der Waals surface area (Å²) in [6.45, 7) is 1.23. The number of urea groups is 1. The lowest BCUT2D eigenvalue weighted by molar-refractivity contribution is -0.308. The first kappa shape index (κ1) is 6.97. The largest absolute Gasteiger partial charge is 0.324 e. The van der Waals surface area contributed by atoms with E-state index in [0.717, 1.165) is 0 Å². The summed E-state index contributed by atoms with van der Waals surface area (Å²) in [6, 6.07) is -0.679. The summed E-state index contributed by atoms with van der Waals surface area (Å²) in [5, 5.41) is 12.1. The monoisotopic (exact) mass is 146 g/mol. The average molecular weight is 146 g/mol. The molecule has 0 spiro atoms. The van der Waals surface area contributed by atoms with Gasteiger partial charge >= 0.3 is 6.03 Å². The molecule has 1 fully saturated rings. The molecule has 0 aliphatic carbocycles. The molecular formula is C4H6N2O4. The van der Waals surface area contributed by atoms with Crippen molar-refractivity contribution in [3.63, 3.8) is 0 Å². The fraction of sp³-hybridized carbons (Fsp3) is 0.500. The van der Waals surface area contributed by atoms with Gasteiger partial charge in [0.1, 0.15) is 0 Å². The van der Waals surface area contributed by atoms with Crippen molar-refractivity contribution >= 4 is 11.9 Å². The van der Waals surface area contributed by atoms with Crippen molar-refractivity contribution in [2.75, 3.05) is 0 Å². The Morgan fingerprint density at radius 3 is 2.40 bits per heavy atom. The molecule has 0 radical (unpaired) electrons. The number of carbonyl (C=O) groups is 2. The van der Waals surface area contributed by atoms with Gasteiger partial charge < -0.3 is 0 Å². The maximum Gasteiger partial charge on any atom is 0.324 e. The lowest BCUT2D eigenvalue weighted by Crippen LogP contribution is -2.45. The van der Waals surface area contributed by atoms with Crippen LogP contribution in [0.1, 0.15) is 6.92 Å². The number of hydrogen-bond donors (Lipinski definition) is 3. The van der Waals surface area contributed by atoms with E-state index in [1.54, 1.807) is 0 Å². The van der Waals surface area contributed by atoms with Crippen LogP contribution in [0.15, 0.2) is 0 Å². The van der Waals surface area contributed by atoms with Crippen molar-refractivity contribution < 1.29 is 19.7 Å². The van der Waals surface area contributed by atoms with Gasteiger partial charge in [-0.05, 0) is 6.92 Å². The molecule has 3 amide bonds. The second-order valence-corrected chi connectivity index (χ2v) is 2.03. The summed E-state index contributed by atoms with van der Waals surface area (Å²) >= 11 is 0. The average Bonchev–Trinajstić information content (AvgIpc) is 2.09. The normalized spacial score (nSPS) is 31.8. The quantitative estimate of drug-likeness (QED) is 0.252. The molecule has 1 atom stereocenters. The van der Waals surface area contributed by atoms with E-state index in [1.165, 1.54) is 6.92 Å². The van der Waals surface area contributed by atoms with E-state index in [2.05, 4.69) is 10.2 Å². The van der Waals surface area contributed by atoms with Crippen molar-refractivity contribution in [1.82, 2.24) is 10.6 Å². The van der Waals surface area contributed by atoms with Gasteiger partial charge in [0.05, 0.1) is 0 Å². The smallest absolute Gasteiger partial charge is 0.299 e. The molecule has 1 saturated heterocycles. The van der Waals surface area contributed by atoms with E-state index in [4.69, 9.17) is 5.26 Å². The number of rotatable bonds is 1. The molecule has 6 heteroatoms. The Kier molecular flexibility index (Phi) is 1.34. The molecule has 0 aromatic carbocycles. The van der Waals surface area contributed by atoms with Gasteiger partial charge in [-0.15, -0.1) is 0 Å². The Hall–Kier alpha value is -1.14. The molecule has 1 rings (SSSR count). The molecule has 1 heterocycles. The van der Waals surface area contributed by atoms with E-state index >= 15 is 0 Å². The van der Waals surface area contributed by atoms with E-state index in [1.807, 2.05) is 5.32 Å². The SMILES string of the molecule is CC1(OO)NC(=O)NC1=O. The molecule has 0 saturated carbocycles. The lowest BCUT2D eigenvalue weighted by Gasteiger charge is -2.14. The summed E-state index contributed by atoms with van der Waals surface area (Å²) < 4.78 is 0. The molecule has 0 aromatic heterocycles. The van der Waals surface area contributed by atoms with Crippen molar-refractivity contribution in [2.24, 2.45) is 0 Å². The highest BCUT2D eigenvalue weighted by Gasteiger charge is 2.43. The standard InChI is InChI=1S/C4H6N2O4/c1-4(10-9)2(7)5-3(8)6-4/h9H,1H3,(H2,5,6,7,8). The van der Waals surface area contributed by atoms with Gasteiger partial charge in [0.15, 0.2) is 0 Å². The molecule has 0 bridgehead atoms. The molecule has 3 N–H and O–H groups in total. The number of hydrogen-bond acceptors (Lipinski definition) is 4. The van der Waals surface area contributed by atoms with Crippen LogP contribution >= 0.6 is 0 Å². The van der Waals surface area contributed by atoms with Gasteiger partial charge in [-0.25, -0.2) is 14.9 Å². The number of imide groups is 1. The van der Waals surface area contributed by atoms with E-state index < -0.39 is 17.7 Å². The molecule has 10 heavy (non-hydrogen) atoms. The molecular weight excluding hydrogens is 140 g/mol. The molecule has 1 aliphatic heterocycles. The minimum atomic E-state index is -1.63. The van der Waals surface area contributed by atoms with Crippen LogP contribution in [0.2, 0.25) is 0 Å². The fourth-order valence-electron chi connectivity index (χ4n) is 0.591. The highest BCUT2D eigenvalue weighted by Crippen LogP contribution is 2.08. The van der Waals surface area contributed by atoms with E-state index in [9.17, 15) is 9.59 Å². The second kappa shape index (κ2) is 1.93. The van der Waals surface area contributed by atoms with Crippen LogP contribution in [0.3, 0.4) is 0 Å².